The molecule has 15 heavy (non-hydrogen) atoms. The first kappa shape index (κ1) is 10.8. The minimum atomic E-state index is -1.35. The van der Waals surface area contributed by atoms with Crippen molar-refractivity contribution in [3.8, 4) is 0 Å². The molecule has 0 bridgehead atoms. The molecule has 1 N–H and O–H groups in total. The molecule has 6 nitrogen and oxygen atoms in total. The maximum Gasteiger partial charge on any atom is 0.315 e. The molecule has 1 aromatic carbocycles. The van der Waals surface area contributed by atoms with Crippen molar-refractivity contribution in [3.05, 3.63) is 46.4 Å². The molecule has 0 saturated carbocycles. The van der Waals surface area contributed by atoms with Crippen molar-refractivity contribution in [2.24, 2.45) is 0 Å². The summed E-state index contributed by atoms with van der Waals surface area (Å²) in [7, 11) is 0. The lowest BCUT2D eigenvalue weighted by atomic mass is 10.1. The van der Waals surface area contributed by atoms with E-state index >= 15 is 0 Å². The summed E-state index contributed by atoms with van der Waals surface area (Å²) in [5.41, 5.74) is -0.0510. The molecular weight excluding hydrogens is 202 g/mol. The van der Waals surface area contributed by atoms with Gasteiger partial charge in [-0.25, -0.2) is 0 Å². The van der Waals surface area contributed by atoms with Gasteiger partial charge in [-0.1, -0.05) is 0 Å². The fraction of sp³-hybridized carbons (Fsp3) is 0. The molecule has 1 aromatic rings. The van der Waals surface area contributed by atoms with E-state index < -0.39 is 16.7 Å². The number of benzene rings is 1. The van der Waals surface area contributed by atoms with Crippen LogP contribution in [0, 0.1) is 16.5 Å². The number of carboxylic acid groups (broad SMARTS) is 1. The molecule has 0 amide bonds. The fourth-order valence-corrected chi connectivity index (χ4v) is 0.943. The number of hydrogen-bond donors (Lipinski definition) is 1. The van der Waals surface area contributed by atoms with Crippen LogP contribution in [0.5, 0.6) is 0 Å². The number of non-ortho nitro benzene ring substituents is 1. The molecule has 1 rings (SSSR count). The van der Waals surface area contributed by atoms with Crippen molar-refractivity contribution in [3.63, 3.8) is 0 Å². The summed E-state index contributed by atoms with van der Waals surface area (Å²) in [5, 5.41) is 18.6. The molecule has 1 radical (unpaired) electrons. The van der Waals surface area contributed by atoms with Gasteiger partial charge in [0.25, 0.3) is 5.69 Å². The molecule has 0 spiro atoms. The van der Waals surface area contributed by atoms with Crippen LogP contribution in [0.4, 0.5) is 5.69 Å². The van der Waals surface area contributed by atoms with Crippen LogP contribution in [-0.4, -0.2) is 21.8 Å². The number of aliphatic carboxylic acids is 1. The van der Waals surface area contributed by atoms with E-state index in [0.29, 0.717) is 6.42 Å². The SMILES string of the molecule is O=C(O)[CH]C(=O)c1ccc([N+](=O)[O-])cc1. The van der Waals surface area contributed by atoms with Crippen molar-refractivity contribution in [1.82, 2.24) is 0 Å². The number of rotatable bonds is 4. The van der Waals surface area contributed by atoms with Gasteiger partial charge in [0.2, 0.25) is 0 Å². The Morgan fingerprint density at radius 1 is 1.27 bits per heavy atom. The number of carbonyl (C=O) groups is 2. The van der Waals surface area contributed by atoms with Crippen molar-refractivity contribution < 1.29 is 19.6 Å². The molecule has 6 heteroatoms. The van der Waals surface area contributed by atoms with Crippen LogP contribution in [0.1, 0.15) is 10.4 Å². The van der Waals surface area contributed by atoms with Gasteiger partial charge in [-0.15, -0.1) is 0 Å². The molecule has 0 unspecified atom stereocenters. The van der Waals surface area contributed by atoms with E-state index in [0.717, 1.165) is 12.1 Å². The van der Waals surface area contributed by atoms with Gasteiger partial charge in [-0.2, -0.15) is 0 Å². The summed E-state index contributed by atoms with van der Waals surface area (Å²) in [5.74, 6) is -2.05. The van der Waals surface area contributed by atoms with E-state index in [1.165, 1.54) is 12.1 Å². The third-order valence-corrected chi connectivity index (χ3v) is 1.62. The van der Waals surface area contributed by atoms with Crippen LogP contribution in [-0.2, 0) is 4.79 Å². The number of Topliss-reactive ketones (excluding diaryl/α,β-unsaturated/α-hetero) is 1. The summed E-state index contributed by atoms with van der Waals surface area (Å²) >= 11 is 0. The number of nitro groups is 1. The first-order valence-corrected chi connectivity index (χ1v) is 3.87. The zero-order chi connectivity index (χ0) is 11.4. The average Bonchev–Trinajstić information content (AvgIpc) is 2.17. The summed E-state index contributed by atoms with van der Waals surface area (Å²) in [6.45, 7) is 0. The highest BCUT2D eigenvalue weighted by atomic mass is 16.6. The lowest BCUT2D eigenvalue weighted by Gasteiger charge is -1.96. The summed E-state index contributed by atoms with van der Waals surface area (Å²) in [6, 6.07) is 4.70. The summed E-state index contributed by atoms with van der Waals surface area (Å²) in [4.78, 5) is 31.0. The van der Waals surface area contributed by atoms with Gasteiger partial charge in [-0.05, 0) is 12.1 Å². The van der Waals surface area contributed by atoms with Gasteiger partial charge in [0, 0.05) is 17.7 Å². The van der Waals surface area contributed by atoms with Crippen LogP contribution < -0.4 is 0 Å². The first-order valence-electron chi connectivity index (χ1n) is 3.87. The normalized spacial score (nSPS) is 9.60. The molecular formula is C9H6NO5. The zero-order valence-electron chi connectivity index (χ0n) is 7.41. The Hall–Kier alpha value is -2.24. The van der Waals surface area contributed by atoms with Crippen molar-refractivity contribution in [1.29, 1.82) is 0 Å². The number of carbonyl (C=O) groups excluding carboxylic acids is 1. The number of carboxylic acids is 1. The number of nitrogens with zero attached hydrogens (tertiary/aromatic N) is 1. The van der Waals surface area contributed by atoms with E-state index in [1.54, 1.807) is 0 Å². The Labute approximate surface area is 84.3 Å². The minimum absolute atomic E-state index is 0.100. The lowest BCUT2D eigenvalue weighted by Crippen LogP contribution is -2.08. The summed E-state index contributed by atoms with van der Waals surface area (Å²) < 4.78 is 0. The molecule has 0 aromatic heterocycles. The van der Waals surface area contributed by atoms with Crippen molar-refractivity contribution >= 4 is 17.4 Å². The predicted octanol–water partition coefficient (Wildman–Crippen LogP) is 1.07. The second-order valence-corrected chi connectivity index (χ2v) is 2.65. The molecule has 0 aliphatic carbocycles. The third-order valence-electron chi connectivity index (χ3n) is 1.62. The van der Waals surface area contributed by atoms with Crippen LogP contribution >= 0.6 is 0 Å². The van der Waals surface area contributed by atoms with E-state index in [1.807, 2.05) is 0 Å². The fourth-order valence-electron chi connectivity index (χ4n) is 0.943. The van der Waals surface area contributed by atoms with Gasteiger partial charge in [-0.3, -0.25) is 19.7 Å². The van der Waals surface area contributed by atoms with E-state index in [-0.39, 0.29) is 11.3 Å². The second kappa shape index (κ2) is 4.32. The molecule has 0 heterocycles. The highest BCUT2D eigenvalue weighted by Crippen LogP contribution is 2.12. The highest BCUT2D eigenvalue weighted by Gasteiger charge is 2.12. The molecule has 0 saturated heterocycles. The van der Waals surface area contributed by atoms with E-state index in [2.05, 4.69) is 0 Å². The number of hydrogen-bond acceptors (Lipinski definition) is 4. The van der Waals surface area contributed by atoms with Gasteiger partial charge in [0.1, 0.15) is 6.42 Å². The minimum Gasteiger partial charge on any atom is -0.481 e. The lowest BCUT2D eigenvalue weighted by molar-refractivity contribution is -0.384. The number of nitro benzene ring substituents is 1. The Balaban J connectivity index is 2.84. The van der Waals surface area contributed by atoms with Gasteiger partial charge < -0.3 is 5.11 Å². The van der Waals surface area contributed by atoms with Gasteiger partial charge in [0.15, 0.2) is 5.78 Å². The molecule has 0 aliphatic heterocycles. The zero-order valence-corrected chi connectivity index (χ0v) is 7.41. The van der Waals surface area contributed by atoms with E-state index in [4.69, 9.17) is 5.11 Å². The quantitative estimate of drug-likeness (QED) is 0.345. The highest BCUT2D eigenvalue weighted by molar-refractivity contribution is 6.15. The Morgan fingerprint density at radius 3 is 2.20 bits per heavy atom. The molecule has 77 valence electrons. The second-order valence-electron chi connectivity index (χ2n) is 2.65. The Kier molecular flexibility index (Phi) is 3.12. The maximum atomic E-state index is 11.1. The molecule has 0 fully saturated rings. The topological polar surface area (TPSA) is 97.5 Å². The standard InChI is InChI=1S/C9H6NO5/c11-8(5-9(12)13)6-1-3-7(4-2-6)10(14)15/h1-5H,(H,12,13). The predicted molar refractivity (Wildman–Crippen MR) is 49.4 cm³/mol. The van der Waals surface area contributed by atoms with Crippen molar-refractivity contribution in [2.75, 3.05) is 0 Å². The largest absolute Gasteiger partial charge is 0.481 e. The third kappa shape index (κ3) is 2.87. The average molecular weight is 208 g/mol. The smallest absolute Gasteiger partial charge is 0.315 e. The summed E-state index contributed by atoms with van der Waals surface area (Å²) in [6.07, 6.45) is 0.501. The first-order chi connectivity index (χ1) is 7.00. The molecule has 0 aliphatic rings. The van der Waals surface area contributed by atoms with Crippen LogP contribution in [0.25, 0.3) is 0 Å². The van der Waals surface area contributed by atoms with Crippen LogP contribution in [0.15, 0.2) is 24.3 Å². The number of ketones is 1. The van der Waals surface area contributed by atoms with Crippen LogP contribution in [0.2, 0.25) is 0 Å². The monoisotopic (exact) mass is 208 g/mol. The Morgan fingerprint density at radius 2 is 1.80 bits per heavy atom. The molecule has 0 atom stereocenters. The van der Waals surface area contributed by atoms with Gasteiger partial charge >= 0.3 is 5.97 Å². The van der Waals surface area contributed by atoms with E-state index in [9.17, 15) is 19.7 Å². The van der Waals surface area contributed by atoms with Crippen molar-refractivity contribution in [2.45, 2.75) is 0 Å². The van der Waals surface area contributed by atoms with Gasteiger partial charge in [0.05, 0.1) is 4.92 Å². The van der Waals surface area contributed by atoms with Crippen LogP contribution in [0.3, 0.4) is 0 Å². The Bertz CT molecular complexity index is 409. The maximum absolute atomic E-state index is 11.1.